The van der Waals surface area contributed by atoms with Gasteiger partial charge in [0.05, 0.1) is 5.69 Å². The lowest BCUT2D eigenvalue weighted by molar-refractivity contribution is -0.136. The molecule has 1 aromatic heterocycles. The third-order valence-corrected chi connectivity index (χ3v) is 6.76. The number of nitrogens with zero attached hydrogens (tertiary/aromatic N) is 2. The normalized spacial score (nSPS) is 25.0. The summed E-state index contributed by atoms with van der Waals surface area (Å²) in [6, 6.07) is 11.1. The van der Waals surface area contributed by atoms with Crippen LogP contribution in [-0.4, -0.2) is 45.8 Å². The number of nitrogens with one attached hydrogen (secondary N) is 2. The molecule has 1 aromatic carbocycles. The molecular weight excluding hydrogens is 420 g/mol. The minimum Gasteiger partial charge on any atom is -0.489 e. The SMILES string of the molecule is O=C1CCC(N2Cc3cc(O[C@H]4CCCC[C@H]4NCc4ccccn4)ccc3C2=O)C(=O)N1. The maximum atomic E-state index is 12.9. The Morgan fingerprint density at radius 1 is 1.09 bits per heavy atom. The quantitative estimate of drug-likeness (QED) is 0.658. The lowest BCUT2D eigenvalue weighted by Gasteiger charge is -2.32. The number of carbonyl (C=O) groups is 3. The first-order chi connectivity index (χ1) is 16.1. The summed E-state index contributed by atoms with van der Waals surface area (Å²) in [4.78, 5) is 42.6. The number of aromatic nitrogens is 1. The van der Waals surface area contributed by atoms with Crippen molar-refractivity contribution in [3.8, 4) is 5.75 Å². The molecule has 8 nitrogen and oxygen atoms in total. The highest BCUT2D eigenvalue weighted by Gasteiger charge is 2.39. The van der Waals surface area contributed by atoms with E-state index in [1.165, 1.54) is 6.42 Å². The number of imide groups is 1. The highest BCUT2D eigenvalue weighted by atomic mass is 16.5. The van der Waals surface area contributed by atoms with Crippen molar-refractivity contribution in [3.63, 3.8) is 0 Å². The molecule has 172 valence electrons. The molecule has 1 aliphatic carbocycles. The molecule has 2 N–H and O–H groups in total. The lowest BCUT2D eigenvalue weighted by Crippen LogP contribution is -2.52. The van der Waals surface area contributed by atoms with Gasteiger partial charge in [-0.25, -0.2) is 0 Å². The van der Waals surface area contributed by atoms with Crippen LogP contribution in [0.25, 0.3) is 0 Å². The van der Waals surface area contributed by atoms with Crippen molar-refractivity contribution in [1.82, 2.24) is 20.5 Å². The van der Waals surface area contributed by atoms with E-state index >= 15 is 0 Å². The maximum absolute atomic E-state index is 12.9. The summed E-state index contributed by atoms with van der Waals surface area (Å²) in [6.07, 6.45) is 6.76. The van der Waals surface area contributed by atoms with Gasteiger partial charge in [-0.3, -0.25) is 24.7 Å². The standard InChI is InChI=1S/C25H28N4O4/c30-23-11-10-21(24(31)28-23)29-15-16-13-18(8-9-19(16)25(29)32)33-22-7-2-1-6-20(22)27-14-17-5-3-4-12-26-17/h3-5,8-9,12-13,20-22,27H,1-2,6-7,10-11,14-15H2,(H,28,30,31)/t20-,21?,22+/m1/s1. The summed E-state index contributed by atoms with van der Waals surface area (Å²) < 4.78 is 6.40. The second kappa shape index (κ2) is 9.31. The van der Waals surface area contributed by atoms with Crippen LogP contribution < -0.4 is 15.4 Å². The van der Waals surface area contributed by atoms with Crippen molar-refractivity contribution in [2.75, 3.05) is 0 Å². The second-order valence-electron chi connectivity index (χ2n) is 8.97. The summed E-state index contributed by atoms with van der Waals surface area (Å²) in [5.74, 6) is -0.107. The molecule has 3 heterocycles. The zero-order chi connectivity index (χ0) is 22.8. The number of fused-ring (bicyclic) bond motifs is 1. The molecule has 1 unspecified atom stereocenters. The Morgan fingerprint density at radius 3 is 2.79 bits per heavy atom. The first-order valence-electron chi connectivity index (χ1n) is 11.7. The van der Waals surface area contributed by atoms with Gasteiger partial charge >= 0.3 is 0 Å². The van der Waals surface area contributed by atoms with Gasteiger partial charge in [0.25, 0.3) is 5.91 Å². The van der Waals surface area contributed by atoms with E-state index in [0.29, 0.717) is 25.1 Å². The van der Waals surface area contributed by atoms with Gasteiger partial charge in [-0.15, -0.1) is 0 Å². The minimum absolute atomic E-state index is 0.0452. The number of piperidine rings is 1. The highest BCUT2D eigenvalue weighted by Crippen LogP contribution is 2.32. The molecule has 0 spiro atoms. The fraction of sp³-hybridized carbons (Fsp3) is 0.440. The molecule has 1 saturated carbocycles. The first kappa shape index (κ1) is 21.6. The molecule has 1 saturated heterocycles. The number of benzene rings is 1. The fourth-order valence-electron chi connectivity index (χ4n) is 5.01. The topological polar surface area (TPSA) is 101 Å². The van der Waals surface area contributed by atoms with Crippen LogP contribution in [0.1, 0.15) is 60.1 Å². The number of carbonyl (C=O) groups excluding carboxylic acids is 3. The van der Waals surface area contributed by atoms with E-state index in [2.05, 4.69) is 15.6 Å². The molecule has 3 amide bonds. The zero-order valence-corrected chi connectivity index (χ0v) is 18.5. The van der Waals surface area contributed by atoms with E-state index in [9.17, 15) is 14.4 Å². The molecule has 8 heteroatoms. The van der Waals surface area contributed by atoms with Gasteiger partial charge in [-0.1, -0.05) is 12.5 Å². The highest BCUT2D eigenvalue weighted by molar-refractivity contribution is 6.05. The first-order valence-corrected chi connectivity index (χ1v) is 11.7. The summed E-state index contributed by atoms with van der Waals surface area (Å²) in [7, 11) is 0. The Kier molecular flexibility index (Phi) is 6.09. The Morgan fingerprint density at radius 2 is 1.97 bits per heavy atom. The van der Waals surface area contributed by atoms with E-state index in [1.54, 1.807) is 17.2 Å². The van der Waals surface area contributed by atoms with Gasteiger partial charge in [-0.2, -0.15) is 0 Å². The van der Waals surface area contributed by atoms with Crippen LogP contribution in [-0.2, 0) is 22.7 Å². The molecule has 2 aliphatic heterocycles. The minimum atomic E-state index is -0.606. The van der Waals surface area contributed by atoms with Crippen LogP contribution in [0.2, 0.25) is 0 Å². The van der Waals surface area contributed by atoms with Gasteiger partial charge in [0.1, 0.15) is 17.9 Å². The largest absolute Gasteiger partial charge is 0.489 e. The van der Waals surface area contributed by atoms with Crippen molar-refractivity contribution in [1.29, 1.82) is 0 Å². The van der Waals surface area contributed by atoms with Gasteiger partial charge in [0.2, 0.25) is 11.8 Å². The van der Waals surface area contributed by atoms with Crippen molar-refractivity contribution in [2.24, 2.45) is 0 Å². The third kappa shape index (κ3) is 4.61. The number of hydrogen-bond donors (Lipinski definition) is 2. The molecule has 3 atom stereocenters. The summed E-state index contributed by atoms with van der Waals surface area (Å²) >= 11 is 0. The average Bonchev–Trinajstić information content (AvgIpc) is 3.14. The molecule has 5 rings (SSSR count). The molecular formula is C25H28N4O4. The van der Waals surface area contributed by atoms with Crippen LogP contribution in [0.4, 0.5) is 0 Å². The number of amides is 3. The monoisotopic (exact) mass is 448 g/mol. The number of pyridine rings is 1. The Hall–Kier alpha value is -3.26. The van der Waals surface area contributed by atoms with E-state index in [-0.39, 0.29) is 30.4 Å². The Labute approximate surface area is 192 Å². The summed E-state index contributed by atoms with van der Waals surface area (Å²) in [5, 5.41) is 5.94. The van der Waals surface area contributed by atoms with Crippen molar-refractivity contribution in [2.45, 2.75) is 69.8 Å². The predicted molar refractivity (Wildman–Crippen MR) is 120 cm³/mol. The van der Waals surface area contributed by atoms with Crippen LogP contribution >= 0.6 is 0 Å². The summed E-state index contributed by atoms with van der Waals surface area (Å²) in [5.41, 5.74) is 2.46. The van der Waals surface area contributed by atoms with Crippen LogP contribution in [0, 0.1) is 0 Å². The molecule has 2 fully saturated rings. The third-order valence-electron chi connectivity index (χ3n) is 6.76. The average molecular weight is 449 g/mol. The summed E-state index contributed by atoms with van der Waals surface area (Å²) in [6.45, 7) is 1.05. The van der Waals surface area contributed by atoms with Gasteiger partial charge in [0.15, 0.2) is 0 Å². The lowest BCUT2D eigenvalue weighted by atomic mass is 9.92. The van der Waals surface area contributed by atoms with Gasteiger partial charge in [0, 0.05) is 37.3 Å². The molecule has 0 bridgehead atoms. The van der Waals surface area contributed by atoms with Gasteiger partial charge in [-0.05, 0) is 61.6 Å². The molecule has 3 aliphatic rings. The molecule has 2 aromatic rings. The van der Waals surface area contributed by atoms with E-state index < -0.39 is 11.9 Å². The van der Waals surface area contributed by atoms with Crippen LogP contribution in [0.3, 0.4) is 0 Å². The van der Waals surface area contributed by atoms with E-state index in [0.717, 1.165) is 36.3 Å². The second-order valence-corrected chi connectivity index (χ2v) is 8.97. The van der Waals surface area contributed by atoms with Crippen molar-refractivity contribution < 1.29 is 19.1 Å². The van der Waals surface area contributed by atoms with Gasteiger partial charge < -0.3 is 15.0 Å². The Balaban J connectivity index is 1.25. The number of ether oxygens (including phenoxy) is 1. The van der Waals surface area contributed by atoms with Crippen molar-refractivity contribution >= 4 is 17.7 Å². The van der Waals surface area contributed by atoms with E-state index in [4.69, 9.17) is 4.74 Å². The molecule has 33 heavy (non-hydrogen) atoms. The van der Waals surface area contributed by atoms with Crippen LogP contribution in [0.5, 0.6) is 5.75 Å². The smallest absolute Gasteiger partial charge is 0.255 e. The zero-order valence-electron chi connectivity index (χ0n) is 18.5. The predicted octanol–water partition coefficient (Wildman–Crippen LogP) is 2.32. The number of hydrogen-bond acceptors (Lipinski definition) is 6. The van der Waals surface area contributed by atoms with E-state index in [1.807, 2.05) is 30.3 Å². The maximum Gasteiger partial charge on any atom is 0.255 e. The fourth-order valence-corrected chi connectivity index (χ4v) is 5.01. The van der Waals surface area contributed by atoms with Crippen molar-refractivity contribution in [3.05, 3.63) is 59.4 Å². The number of rotatable bonds is 6. The Bertz CT molecular complexity index is 1060. The molecule has 0 radical (unpaired) electrons. The van der Waals surface area contributed by atoms with Crippen LogP contribution in [0.15, 0.2) is 42.6 Å².